The number of ether oxygens (including phenoxy) is 2. The lowest BCUT2D eigenvalue weighted by molar-refractivity contribution is -0.0592. The van der Waals surface area contributed by atoms with Gasteiger partial charge in [-0.15, -0.1) is 0 Å². The summed E-state index contributed by atoms with van der Waals surface area (Å²) in [5, 5.41) is 2.31. The van der Waals surface area contributed by atoms with E-state index in [2.05, 4.69) is 69.9 Å². The molecule has 2 aromatic carbocycles. The molecule has 7 heteroatoms. The number of likely N-dealkylation sites (tertiary alicyclic amines) is 1. The van der Waals surface area contributed by atoms with Crippen LogP contribution in [0.15, 0.2) is 72.9 Å². The van der Waals surface area contributed by atoms with Crippen molar-refractivity contribution in [2.45, 2.75) is 57.9 Å². The first-order valence-corrected chi connectivity index (χ1v) is 14.4. The van der Waals surface area contributed by atoms with E-state index in [0.29, 0.717) is 24.5 Å². The molecule has 1 atom stereocenters. The smallest absolute Gasteiger partial charge is 0.213 e. The summed E-state index contributed by atoms with van der Waals surface area (Å²) < 4.78 is 14.2. The van der Waals surface area contributed by atoms with E-state index in [1.807, 2.05) is 24.4 Å². The Morgan fingerprint density at radius 1 is 0.925 bits per heavy atom. The summed E-state index contributed by atoms with van der Waals surface area (Å²) in [4.78, 5) is 17.0. The predicted octanol–water partition coefficient (Wildman–Crippen LogP) is 6.04. The van der Waals surface area contributed by atoms with Crippen LogP contribution in [-0.2, 0) is 24.4 Å². The summed E-state index contributed by atoms with van der Waals surface area (Å²) >= 11 is 0. The average Bonchev–Trinajstić information content (AvgIpc) is 3.30. The van der Waals surface area contributed by atoms with Crippen molar-refractivity contribution in [2.24, 2.45) is 0 Å². The second kappa shape index (κ2) is 11.0. The van der Waals surface area contributed by atoms with Gasteiger partial charge in [0.25, 0.3) is 0 Å². The Hall–Kier alpha value is -3.81. The van der Waals surface area contributed by atoms with Crippen molar-refractivity contribution in [3.8, 4) is 5.88 Å². The molecule has 204 valence electrons. The maximum absolute atomic E-state index is 6.06. The van der Waals surface area contributed by atoms with Crippen LogP contribution < -0.4 is 4.74 Å². The average molecular weight is 534 g/mol. The van der Waals surface area contributed by atoms with Crippen LogP contribution in [0.2, 0.25) is 0 Å². The Kier molecular flexibility index (Phi) is 6.92. The normalized spacial score (nSPS) is 18.3. The Bertz CT molecular complexity index is 1640. The Balaban J connectivity index is 0.989. The second-order valence-corrected chi connectivity index (χ2v) is 11.2. The van der Waals surface area contributed by atoms with Crippen LogP contribution in [0.25, 0.3) is 21.8 Å². The van der Waals surface area contributed by atoms with Crippen LogP contribution in [0.5, 0.6) is 5.88 Å². The van der Waals surface area contributed by atoms with Crippen molar-refractivity contribution < 1.29 is 9.47 Å². The molecule has 0 N–H and O–H groups in total. The number of hydrogen-bond acceptors (Lipinski definition) is 6. The molecule has 5 aromatic rings. The van der Waals surface area contributed by atoms with Gasteiger partial charge in [-0.05, 0) is 74.5 Å². The number of piperidine rings is 1. The predicted molar refractivity (Wildman–Crippen MR) is 156 cm³/mol. The minimum atomic E-state index is 0.306. The van der Waals surface area contributed by atoms with Crippen molar-refractivity contribution in [1.82, 2.24) is 24.4 Å². The van der Waals surface area contributed by atoms with E-state index in [-0.39, 0.29) is 0 Å². The van der Waals surface area contributed by atoms with Crippen molar-refractivity contribution in [2.75, 3.05) is 19.7 Å². The lowest BCUT2D eigenvalue weighted by atomic mass is 9.93. The molecule has 7 rings (SSSR count). The summed E-state index contributed by atoms with van der Waals surface area (Å²) in [6, 6.07) is 23.0. The molecule has 3 aromatic heterocycles. The van der Waals surface area contributed by atoms with Gasteiger partial charge >= 0.3 is 0 Å². The number of nitrogens with zero attached hydrogens (tertiary/aromatic N) is 5. The topological polar surface area (TPSA) is 65.3 Å². The molecule has 40 heavy (non-hydrogen) atoms. The van der Waals surface area contributed by atoms with Crippen LogP contribution >= 0.6 is 0 Å². The Labute approximate surface area is 234 Å². The van der Waals surface area contributed by atoms with E-state index in [9.17, 15) is 0 Å². The Morgan fingerprint density at radius 2 is 1.77 bits per heavy atom. The van der Waals surface area contributed by atoms with Gasteiger partial charge in [-0.3, -0.25) is 9.88 Å². The highest BCUT2D eigenvalue weighted by Gasteiger charge is 2.26. The first kappa shape index (κ1) is 25.2. The standard InChI is InChI=1S/C33H35N5O2/c1-23-9-10-30-31(17-23)38(20-28-13-16-39-28)32(35-30)21-37-14-11-24(12-15-37)29-7-4-8-33(36-29)40-22-27-18-25-5-2-3-6-26(25)19-34-27/h2-10,17-19,24,28H,11-16,20-22H2,1H3. The van der Waals surface area contributed by atoms with Gasteiger partial charge in [0.2, 0.25) is 5.88 Å². The molecular weight excluding hydrogens is 498 g/mol. The highest BCUT2D eigenvalue weighted by molar-refractivity contribution is 5.81. The number of aromatic nitrogens is 4. The zero-order valence-corrected chi connectivity index (χ0v) is 23.0. The Morgan fingerprint density at radius 3 is 2.60 bits per heavy atom. The van der Waals surface area contributed by atoms with Gasteiger partial charge in [-0.1, -0.05) is 36.4 Å². The number of imidazole rings is 1. The van der Waals surface area contributed by atoms with Crippen LogP contribution in [-0.4, -0.2) is 50.2 Å². The molecular formula is C33H35N5O2. The zero-order chi connectivity index (χ0) is 26.9. The molecule has 0 saturated carbocycles. The molecule has 0 radical (unpaired) electrons. The van der Waals surface area contributed by atoms with Crippen LogP contribution in [0, 0.1) is 6.92 Å². The number of hydrogen-bond donors (Lipinski definition) is 0. The molecule has 2 aliphatic rings. The fraction of sp³-hybridized carbons (Fsp3) is 0.364. The van der Waals surface area contributed by atoms with Gasteiger partial charge in [-0.25, -0.2) is 9.97 Å². The maximum Gasteiger partial charge on any atom is 0.213 e. The van der Waals surface area contributed by atoms with Gasteiger partial charge in [0.15, 0.2) is 0 Å². The first-order valence-electron chi connectivity index (χ1n) is 14.4. The number of pyridine rings is 2. The van der Waals surface area contributed by atoms with Gasteiger partial charge in [-0.2, -0.15) is 0 Å². The van der Waals surface area contributed by atoms with Crippen molar-refractivity contribution >= 4 is 21.8 Å². The van der Waals surface area contributed by atoms with Crippen molar-refractivity contribution in [1.29, 1.82) is 0 Å². The molecule has 0 spiro atoms. The fourth-order valence-corrected chi connectivity index (χ4v) is 5.92. The highest BCUT2D eigenvalue weighted by atomic mass is 16.5. The number of rotatable bonds is 8. The largest absolute Gasteiger partial charge is 0.471 e. The molecule has 0 amide bonds. The number of fused-ring (bicyclic) bond motifs is 2. The molecule has 1 unspecified atom stereocenters. The van der Waals surface area contributed by atoms with Crippen molar-refractivity contribution in [3.05, 3.63) is 95.7 Å². The summed E-state index contributed by atoms with van der Waals surface area (Å²) in [6.07, 6.45) is 5.50. The van der Waals surface area contributed by atoms with Gasteiger partial charge in [0, 0.05) is 35.9 Å². The van der Waals surface area contributed by atoms with Crippen LogP contribution in [0.3, 0.4) is 0 Å². The molecule has 2 saturated heterocycles. The molecule has 0 aliphatic carbocycles. The van der Waals surface area contributed by atoms with E-state index in [0.717, 1.165) is 80.2 Å². The van der Waals surface area contributed by atoms with E-state index in [1.54, 1.807) is 0 Å². The summed E-state index contributed by atoms with van der Waals surface area (Å²) in [7, 11) is 0. The summed E-state index contributed by atoms with van der Waals surface area (Å²) in [5.74, 6) is 2.24. The molecule has 7 nitrogen and oxygen atoms in total. The summed E-state index contributed by atoms with van der Waals surface area (Å²) in [5.41, 5.74) is 5.59. The van der Waals surface area contributed by atoms with E-state index in [1.165, 1.54) is 16.5 Å². The highest BCUT2D eigenvalue weighted by Crippen LogP contribution is 2.30. The maximum atomic E-state index is 6.06. The minimum absolute atomic E-state index is 0.306. The van der Waals surface area contributed by atoms with Gasteiger partial charge < -0.3 is 14.0 Å². The molecule has 0 bridgehead atoms. The third-order valence-corrected chi connectivity index (χ3v) is 8.33. The second-order valence-electron chi connectivity index (χ2n) is 11.2. The van der Waals surface area contributed by atoms with Gasteiger partial charge in [0.1, 0.15) is 12.4 Å². The monoisotopic (exact) mass is 533 g/mol. The van der Waals surface area contributed by atoms with Crippen LogP contribution in [0.1, 0.15) is 48.0 Å². The SMILES string of the molecule is Cc1ccc2nc(CN3CCC(c4cccc(OCc5cc6ccccc6cn5)n4)CC3)n(CC3CCO3)c2c1. The lowest BCUT2D eigenvalue weighted by Crippen LogP contribution is -2.35. The summed E-state index contributed by atoms with van der Waals surface area (Å²) in [6.45, 7) is 7.24. The minimum Gasteiger partial charge on any atom is -0.471 e. The van der Waals surface area contributed by atoms with E-state index in [4.69, 9.17) is 19.4 Å². The number of aryl methyl sites for hydroxylation is 1. The third-order valence-electron chi connectivity index (χ3n) is 8.33. The third kappa shape index (κ3) is 5.31. The molecule has 2 aliphatic heterocycles. The van der Waals surface area contributed by atoms with Crippen molar-refractivity contribution in [3.63, 3.8) is 0 Å². The fourth-order valence-electron chi connectivity index (χ4n) is 5.92. The lowest BCUT2D eigenvalue weighted by Gasteiger charge is -2.32. The van der Waals surface area contributed by atoms with E-state index < -0.39 is 0 Å². The quantitative estimate of drug-likeness (QED) is 0.242. The molecule has 2 fully saturated rings. The zero-order valence-electron chi connectivity index (χ0n) is 23.0. The van der Waals surface area contributed by atoms with Crippen LogP contribution in [0.4, 0.5) is 0 Å². The van der Waals surface area contributed by atoms with Gasteiger partial charge in [0.05, 0.1) is 35.9 Å². The number of benzene rings is 2. The first-order chi connectivity index (χ1) is 19.7. The van der Waals surface area contributed by atoms with E-state index >= 15 is 0 Å². The molecule has 5 heterocycles.